The maximum Gasteiger partial charge on any atom is 0.328 e. The zero-order chi connectivity index (χ0) is 13.7. The van der Waals surface area contributed by atoms with Gasteiger partial charge >= 0.3 is 5.97 Å². The van der Waals surface area contributed by atoms with Crippen molar-refractivity contribution in [2.75, 3.05) is 7.11 Å². The predicted octanol–water partition coefficient (Wildman–Crippen LogP) is 1.85. The lowest BCUT2D eigenvalue weighted by Crippen LogP contribution is -1.86. The van der Waals surface area contributed by atoms with Crippen LogP contribution in [0, 0.1) is 0 Å². The number of carbonyl (C=O) groups excluding carboxylic acids is 1. The topological polar surface area (TPSA) is 74.6 Å². The Balaban J connectivity index is 0. The Morgan fingerprint density at radius 2 is 1.65 bits per heavy atom. The third-order valence-electron chi connectivity index (χ3n) is 1.62. The lowest BCUT2D eigenvalue weighted by atomic mass is 10.1. The molecule has 0 unspecified atom stereocenters. The molecule has 1 aromatic carbocycles. The van der Waals surface area contributed by atoms with E-state index in [-0.39, 0.29) is 0 Å². The summed E-state index contributed by atoms with van der Waals surface area (Å²) in [6.07, 6.45) is 4.36. The summed E-state index contributed by atoms with van der Waals surface area (Å²) in [6, 6.07) is 7.47. The summed E-state index contributed by atoms with van der Waals surface area (Å²) >= 11 is 0. The normalized spacial score (nSPS) is 8.35. The molecule has 0 bridgehead atoms. The first kappa shape index (κ1) is 17.2. The number of aliphatic hydroxyl groups excluding tert-OH is 1. The Hall–Kier alpha value is -2.20. The van der Waals surface area contributed by atoms with Crippen LogP contribution in [0.4, 0.5) is 0 Å². The van der Waals surface area contributed by atoms with Gasteiger partial charge in [-0.2, -0.15) is 0 Å². The molecule has 0 amide bonds. The molecular formula is C13H16O4. The number of aliphatic hydroxyl groups is 1. The Morgan fingerprint density at radius 3 is 2.06 bits per heavy atom. The fourth-order valence-electron chi connectivity index (χ4n) is 1.01. The van der Waals surface area contributed by atoms with E-state index in [4.69, 9.17) is 15.0 Å². The second-order valence-corrected chi connectivity index (χ2v) is 2.50. The van der Waals surface area contributed by atoms with E-state index in [1.54, 1.807) is 12.2 Å². The number of carbonyl (C=O) groups is 2. The van der Waals surface area contributed by atoms with Gasteiger partial charge in [0.2, 0.25) is 0 Å². The Bertz CT molecular complexity index is 369. The van der Waals surface area contributed by atoms with Crippen molar-refractivity contribution in [2.45, 2.75) is 0 Å². The summed E-state index contributed by atoms with van der Waals surface area (Å²) in [5.41, 5.74) is 1.79. The van der Waals surface area contributed by atoms with Crippen molar-refractivity contribution < 1.29 is 19.8 Å². The zero-order valence-corrected chi connectivity index (χ0v) is 9.67. The molecule has 0 saturated heterocycles. The van der Waals surface area contributed by atoms with Gasteiger partial charge in [0, 0.05) is 13.2 Å². The molecule has 1 rings (SSSR count). The van der Waals surface area contributed by atoms with E-state index in [9.17, 15) is 4.79 Å². The molecule has 1 aromatic rings. The van der Waals surface area contributed by atoms with Crippen LogP contribution in [0.1, 0.15) is 11.1 Å². The van der Waals surface area contributed by atoms with Gasteiger partial charge in [-0.1, -0.05) is 36.9 Å². The van der Waals surface area contributed by atoms with Crippen LogP contribution >= 0.6 is 0 Å². The smallest absolute Gasteiger partial charge is 0.328 e. The monoisotopic (exact) mass is 236 g/mol. The standard InChI is InChI=1S/C11H10O2.CH4O.CH2O/c1-2-9-5-3-4-6-10(9)7-8-11(12)13;2*1-2/h2-8H,1H2,(H,12,13);2H,1H3;1H2/b8-7+;;. The number of benzene rings is 1. The minimum absolute atomic E-state index is 0.861. The minimum atomic E-state index is -0.945. The molecule has 0 aromatic heterocycles. The van der Waals surface area contributed by atoms with E-state index < -0.39 is 5.97 Å². The minimum Gasteiger partial charge on any atom is -0.478 e. The fourth-order valence-corrected chi connectivity index (χ4v) is 1.01. The molecule has 2 N–H and O–H groups in total. The predicted molar refractivity (Wildman–Crippen MR) is 68.5 cm³/mol. The summed E-state index contributed by atoms with van der Waals surface area (Å²) in [6.45, 7) is 5.64. The van der Waals surface area contributed by atoms with Crippen LogP contribution in [0.15, 0.2) is 36.9 Å². The zero-order valence-electron chi connectivity index (χ0n) is 9.67. The molecule has 0 atom stereocenters. The van der Waals surface area contributed by atoms with Crippen molar-refractivity contribution in [1.82, 2.24) is 0 Å². The molecule has 17 heavy (non-hydrogen) atoms. The largest absolute Gasteiger partial charge is 0.478 e. The number of aliphatic carboxylic acids is 1. The number of hydrogen-bond acceptors (Lipinski definition) is 3. The molecule has 0 heterocycles. The van der Waals surface area contributed by atoms with Crippen LogP contribution in [-0.4, -0.2) is 30.1 Å². The first-order valence-electron chi connectivity index (χ1n) is 4.60. The third kappa shape index (κ3) is 7.70. The van der Waals surface area contributed by atoms with Crippen molar-refractivity contribution >= 4 is 24.9 Å². The molecule has 4 nitrogen and oxygen atoms in total. The highest BCUT2D eigenvalue weighted by Crippen LogP contribution is 2.11. The Kier molecular flexibility index (Phi) is 12.0. The van der Waals surface area contributed by atoms with Gasteiger partial charge in [-0.25, -0.2) is 4.79 Å². The van der Waals surface area contributed by atoms with E-state index >= 15 is 0 Å². The number of rotatable bonds is 3. The van der Waals surface area contributed by atoms with Gasteiger partial charge in [0.1, 0.15) is 6.79 Å². The second-order valence-electron chi connectivity index (χ2n) is 2.50. The molecule has 4 heteroatoms. The van der Waals surface area contributed by atoms with E-state index in [2.05, 4.69) is 6.58 Å². The number of carboxylic acids is 1. The highest BCUT2D eigenvalue weighted by Gasteiger charge is 1.93. The van der Waals surface area contributed by atoms with Crippen molar-refractivity contribution in [1.29, 1.82) is 0 Å². The lowest BCUT2D eigenvalue weighted by Gasteiger charge is -1.97. The number of hydrogen-bond donors (Lipinski definition) is 2. The Labute approximate surface area is 101 Å². The van der Waals surface area contributed by atoms with Gasteiger partial charge < -0.3 is 15.0 Å². The maximum absolute atomic E-state index is 10.3. The molecular weight excluding hydrogens is 220 g/mol. The number of carboxylic acid groups (broad SMARTS) is 1. The van der Waals surface area contributed by atoms with Crippen LogP contribution in [0.3, 0.4) is 0 Å². The molecule has 0 aliphatic rings. The van der Waals surface area contributed by atoms with E-state index in [0.717, 1.165) is 24.3 Å². The van der Waals surface area contributed by atoms with Gasteiger partial charge in [-0.15, -0.1) is 0 Å². The van der Waals surface area contributed by atoms with E-state index in [0.29, 0.717) is 0 Å². The summed E-state index contributed by atoms with van der Waals surface area (Å²) in [5, 5.41) is 15.4. The first-order chi connectivity index (χ1) is 8.24. The van der Waals surface area contributed by atoms with Crippen LogP contribution in [0.2, 0.25) is 0 Å². The molecule has 0 spiro atoms. The highest BCUT2D eigenvalue weighted by atomic mass is 16.4. The van der Waals surface area contributed by atoms with Crippen molar-refractivity contribution in [2.24, 2.45) is 0 Å². The van der Waals surface area contributed by atoms with Gasteiger partial charge in [0.25, 0.3) is 0 Å². The molecule has 0 saturated carbocycles. The quantitative estimate of drug-likeness (QED) is 0.785. The van der Waals surface area contributed by atoms with Crippen LogP contribution in [0.5, 0.6) is 0 Å². The Morgan fingerprint density at radius 1 is 1.18 bits per heavy atom. The van der Waals surface area contributed by atoms with Gasteiger partial charge in [0.15, 0.2) is 0 Å². The molecule has 0 fully saturated rings. The van der Waals surface area contributed by atoms with E-state index in [1.807, 2.05) is 31.1 Å². The second kappa shape index (κ2) is 11.9. The summed E-state index contributed by atoms with van der Waals surface area (Å²) in [5.74, 6) is -0.945. The first-order valence-corrected chi connectivity index (χ1v) is 4.60. The average Bonchev–Trinajstić information content (AvgIpc) is 2.41. The third-order valence-corrected chi connectivity index (χ3v) is 1.62. The van der Waals surface area contributed by atoms with Gasteiger partial charge in [-0.05, 0) is 17.2 Å². The van der Waals surface area contributed by atoms with Gasteiger partial charge in [0.05, 0.1) is 0 Å². The molecule has 92 valence electrons. The summed E-state index contributed by atoms with van der Waals surface area (Å²) in [4.78, 5) is 18.3. The average molecular weight is 236 g/mol. The fraction of sp³-hybridized carbons (Fsp3) is 0.0769. The van der Waals surface area contributed by atoms with Crippen molar-refractivity contribution in [3.63, 3.8) is 0 Å². The lowest BCUT2D eigenvalue weighted by molar-refractivity contribution is -0.131. The van der Waals surface area contributed by atoms with Crippen LogP contribution in [-0.2, 0) is 9.59 Å². The molecule has 0 aliphatic heterocycles. The molecule has 0 radical (unpaired) electrons. The van der Waals surface area contributed by atoms with E-state index in [1.165, 1.54) is 0 Å². The molecule has 0 aliphatic carbocycles. The summed E-state index contributed by atoms with van der Waals surface area (Å²) in [7, 11) is 1.00. The highest BCUT2D eigenvalue weighted by molar-refractivity contribution is 5.86. The summed E-state index contributed by atoms with van der Waals surface area (Å²) < 4.78 is 0. The SMILES string of the molecule is C=Cc1ccccc1/C=C/C(=O)O.C=O.CO. The van der Waals surface area contributed by atoms with Crippen molar-refractivity contribution in [3.8, 4) is 0 Å². The maximum atomic E-state index is 10.3. The van der Waals surface area contributed by atoms with Crippen LogP contribution in [0.25, 0.3) is 12.2 Å². The van der Waals surface area contributed by atoms with Crippen molar-refractivity contribution in [3.05, 3.63) is 48.0 Å². The van der Waals surface area contributed by atoms with Gasteiger partial charge in [-0.3, -0.25) is 0 Å². The van der Waals surface area contributed by atoms with Crippen LogP contribution < -0.4 is 0 Å².